The number of aldehydes is 1. The molecular weight excluding hydrogens is 116 g/mol. The molecule has 0 heterocycles. The second kappa shape index (κ2) is 2.58. The third kappa shape index (κ3) is 1.49. The molecule has 0 amide bonds. The number of ketones is 1. The van der Waals surface area contributed by atoms with Gasteiger partial charge in [0.1, 0.15) is 12.1 Å². The van der Waals surface area contributed by atoms with Crippen molar-refractivity contribution in [2.45, 2.75) is 19.3 Å². The average Bonchev–Trinajstić information content (AvgIpc) is 1.90. The highest BCUT2D eigenvalue weighted by molar-refractivity contribution is 5.86. The maximum absolute atomic E-state index is 10.6. The lowest BCUT2D eigenvalue weighted by molar-refractivity contribution is -0.118. The molecule has 0 aromatic carbocycles. The van der Waals surface area contributed by atoms with E-state index in [1.807, 2.05) is 0 Å². The Morgan fingerprint density at radius 3 is 2.67 bits per heavy atom. The summed E-state index contributed by atoms with van der Waals surface area (Å²) in [6, 6.07) is 0. The molecule has 0 saturated heterocycles. The van der Waals surface area contributed by atoms with Gasteiger partial charge in [-0.25, -0.2) is 0 Å². The van der Waals surface area contributed by atoms with Gasteiger partial charge in [-0.1, -0.05) is 6.08 Å². The fourth-order valence-electron chi connectivity index (χ4n) is 0.840. The van der Waals surface area contributed by atoms with Gasteiger partial charge in [-0.3, -0.25) is 9.59 Å². The Hall–Kier alpha value is -0.920. The Kier molecular flexibility index (Phi) is 1.78. The van der Waals surface area contributed by atoms with Crippen LogP contribution in [0.1, 0.15) is 19.3 Å². The van der Waals surface area contributed by atoms with Crippen molar-refractivity contribution in [2.24, 2.45) is 0 Å². The van der Waals surface area contributed by atoms with Crippen LogP contribution in [0, 0.1) is 0 Å². The molecule has 0 spiro atoms. The van der Waals surface area contributed by atoms with Crippen molar-refractivity contribution in [2.75, 3.05) is 0 Å². The van der Waals surface area contributed by atoms with E-state index in [-0.39, 0.29) is 5.78 Å². The molecule has 0 aromatic heterocycles. The van der Waals surface area contributed by atoms with Gasteiger partial charge in [0.05, 0.1) is 0 Å². The summed E-state index contributed by atoms with van der Waals surface area (Å²) in [6.45, 7) is 0. The number of hydrogen-bond donors (Lipinski definition) is 0. The molecule has 0 bridgehead atoms. The molecule has 0 aromatic rings. The predicted octanol–water partition coefficient (Wildman–Crippen LogP) is 0.865. The van der Waals surface area contributed by atoms with Gasteiger partial charge in [0, 0.05) is 12.8 Å². The minimum atomic E-state index is 0.237. The smallest absolute Gasteiger partial charge is 0.145 e. The standard InChI is InChI=1S/C7H8O2/c8-5-6-1-3-7(9)4-2-6/h1,5H,2-4H2. The Bertz CT molecular complexity index is 168. The van der Waals surface area contributed by atoms with E-state index in [2.05, 4.69) is 0 Å². The van der Waals surface area contributed by atoms with Gasteiger partial charge in [-0.15, -0.1) is 0 Å². The van der Waals surface area contributed by atoms with E-state index < -0.39 is 0 Å². The van der Waals surface area contributed by atoms with Gasteiger partial charge in [0.25, 0.3) is 0 Å². The Morgan fingerprint density at radius 2 is 2.22 bits per heavy atom. The number of rotatable bonds is 1. The van der Waals surface area contributed by atoms with E-state index in [0.29, 0.717) is 19.3 Å². The van der Waals surface area contributed by atoms with Gasteiger partial charge in [-0.2, -0.15) is 0 Å². The van der Waals surface area contributed by atoms with Crippen molar-refractivity contribution < 1.29 is 9.59 Å². The van der Waals surface area contributed by atoms with Gasteiger partial charge in [0.15, 0.2) is 0 Å². The molecular formula is C7H8O2. The first-order valence-corrected chi connectivity index (χ1v) is 2.99. The summed E-state index contributed by atoms with van der Waals surface area (Å²) in [4.78, 5) is 20.7. The molecule has 9 heavy (non-hydrogen) atoms. The van der Waals surface area contributed by atoms with Crippen molar-refractivity contribution in [1.82, 2.24) is 0 Å². The predicted molar refractivity (Wildman–Crippen MR) is 33.0 cm³/mol. The maximum Gasteiger partial charge on any atom is 0.145 e. The summed E-state index contributed by atoms with van der Waals surface area (Å²) in [5.74, 6) is 0.237. The van der Waals surface area contributed by atoms with Crippen molar-refractivity contribution >= 4 is 12.1 Å². The molecule has 0 fully saturated rings. The van der Waals surface area contributed by atoms with Crippen molar-refractivity contribution in [1.29, 1.82) is 0 Å². The van der Waals surface area contributed by atoms with Crippen LogP contribution in [0.5, 0.6) is 0 Å². The van der Waals surface area contributed by atoms with E-state index in [1.54, 1.807) is 6.08 Å². The zero-order chi connectivity index (χ0) is 6.69. The Morgan fingerprint density at radius 1 is 1.44 bits per heavy atom. The van der Waals surface area contributed by atoms with Crippen LogP contribution < -0.4 is 0 Å². The van der Waals surface area contributed by atoms with Crippen LogP contribution in [0.2, 0.25) is 0 Å². The van der Waals surface area contributed by atoms with E-state index in [4.69, 9.17) is 0 Å². The van der Waals surface area contributed by atoms with Gasteiger partial charge >= 0.3 is 0 Å². The van der Waals surface area contributed by atoms with E-state index in [0.717, 1.165) is 11.9 Å². The van der Waals surface area contributed by atoms with Crippen molar-refractivity contribution in [3.63, 3.8) is 0 Å². The van der Waals surface area contributed by atoms with Crippen LogP contribution in [-0.2, 0) is 9.59 Å². The highest BCUT2D eigenvalue weighted by Gasteiger charge is 2.08. The minimum Gasteiger partial charge on any atom is -0.299 e. The summed E-state index contributed by atoms with van der Waals surface area (Å²) in [5, 5.41) is 0. The molecule has 2 nitrogen and oxygen atoms in total. The minimum absolute atomic E-state index is 0.237. The highest BCUT2D eigenvalue weighted by atomic mass is 16.1. The van der Waals surface area contributed by atoms with Crippen LogP contribution >= 0.6 is 0 Å². The first-order valence-electron chi connectivity index (χ1n) is 2.99. The van der Waals surface area contributed by atoms with E-state index >= 15 is 0 Å². The summed E-state index contributed by atoms with van der Waals surface area (Å²) >= 11 is 0. The maximum atomic E-state index is 10.6. The lowest BCUT2D eigenvalue weighted by atomic mass is 10.00. The zero-order valence-electron chi connectivity index (χ0n) is 5.09. The largest absolute Gasteiger partial charge is 0.299 e. The zero-order valence-corrected chi connectivity index (χ0v) is 5.09. The molecule has 0 aliphatic heterocycles. The number of hydrogen-bond acceptors (Lipinski definition) is 2. The van der Waals surface area contributed by atoms with Gasteiger partial charge in [0.2, 0.25) is 0 Å². The third-order valence-corrected chi connectivity index (χ3v) is 1.44. The molecule has 2 heteroatoms. The average molecular weight is 124 g/mol. The normalized spacial score (nSPS) is 19.1. The molecule has 0 atom stereocenters. The lowest BCUT2D eigenvalue weighted by Crippen LogP contribution is -2.03. The number of carbonyl (C=O) groups excluding carboxylic acids is 2. The Labute approximate surface area is 53.6 Å². The molecule has 0 radical (unpaired) electrons. The van der Waals surface area contributed by atoms with Gasteiger partial charge < -0.3 is 0 Å². The molecule has 0 saturated carbocycles. The van der Waals surface area contributed by atoms with Crippen molar-refractivity contribution in [3.05, 3.63) is 11.6 Å². The SMILES string of the molecule is O=CC1=CCC(=O)CC1. The summed E-state index contributed by atoms with van der Waals surface area (Å²) in [5.41, 5.74) is 0.773. The highest BCUT2D eigenvalue weighted by Crippen LogP contribution is 2.11. The molecule has 1 rings (SSSR count). The quantitative estimate of drug-likeness (QED) is 0.486. The number of carbonyl (C=O) groups is 2. The number of Topliss-reactive ketones (excluding diaryl/α,β-unsaturated/α-hetero) is 1. The molecule has 48 valence electrons. The summed E-state index contributed by atoms with van der Waals surface area (Å²) < 4.78 is 0. The van der Waals surface area contributed by atoms with Crippen LogP contribution in [-0.4, -0.2) is 12.1 Å². The van der Waals surface area contributed by atoms with Crippen LogP contribution in [0.3, 0.4) is 0 Å². The van der Waals surface area contributed by atoms with Crippen molar-refractivity contribution in [3.8, 4) is 0 Å². The molecule has 0 N–H and O–H groups in total. The fourth-order valence-corrected chi connectivity index (χ4v) is 0.840. The molecule has 0 unspecified atom stereocenters. The second-order valence-electron chi connectivity index (χ2n) is 2.14. The first kappa shape index (κ1) is 6.20. The first-order chi connectivity index (χ1) is 4.33. The Balaban J connectivity index is 2.59. The topological polar surface area (TPSA) is 34.1 Å². The van der Waals surface area contributed by atoms with Crippen LogP contribution in [0.25, 0.3) is 0 Å². The number of allylic oxidation sites excluding steroid dienone is 2. The third-order valence-electron chi connectivity index (χ3n) is 1.44. The summed E-state index contributed by atoms with van der Waals surface area (Å²) in [6.07, 6.45) is 4.17. The second-order valence-corrected chi connectivity index (χ2v) is 2.14. The van der Waals surface area contributed by atoms with Crippen LogP contribution in [0.4, 0.5) is 0 Å². The van der Waals surface area contributed by atoms with E-state index in [9.17, 15) is 9.59 Å². The van der Waals surface area contributed by atoms with E-state index in [1.165, 1.54) is 0 Å². The summed E-state index contributed by atoms with van der Waals surface area (Å²) in [7, 11) is 0. The fraction of sp³-hybridized carbons (Fsp3) is 0.429. The monoisotopic (exact) mass is 124 g/mol. The molecule has 1 aliphatic carbocycles. The lowest BCUT2D eigenvalue weighted by Gasteiger charge is -2.04. The van der Waals surface area contributed by atoms with Gasteiger partial charge in [-0.05, 0) is 12.0 Å². The molecule has 1 aliphatic rings. The van der Waals surface area contributed by atoms with Crippen LogP contribution in [0.15, 0.2) is 11.6 Å².